The van der Waals surface area contributed by atoms with Crippen molar-refractivity contribution in [2.45, 2.75) is 31.8 Å². The quantitative estimate of drug-likeness (QED) is 0.879. The second-order valence-corrected chi connectivity index (χ2v) is 5.37. The fourth-order valence-corrected chi connectivity index (χ4v) is 2.55. The Morgan fingerprint density at radius 1 is 1.41 bits per heavy atom. The van der Waals surface area contributed by atoms with Gasteiger partial charge in [-0.2, -0.15) is 0 Å². The summed E-state index contributed by atoms with van der Waals surface area (Å²) in [5.41, 5.74) is 2.39. The van der Waals surface area contributed by atoms with Crippen molar-refractivity contribution >= 4 is 11.3 Å². The number of pyridine rings is 1. The normalized spacial score (nSPS) is 15.1. The molecule has 0 atom stereocenters. The third-order valence-corrected chi connectivity index (χ3v) is 3.72. The summed E-state index contributed by atoms with van der Waals surface area (Å²) in [7, 11) is 0. The van der Waals surface area contributed by atoms with E-state index in [4.69, 9.17) is 0 Å². The predicted octanol–water partition coefficient (Wildman–Crippen LogP) is 2.38. The second kappa shape index (κ2) is 4.94. The average molecular weight is 245 g/mol. The predicted molar refractivity (Wildman–Crippen MR) is 69.0 cm³/mol. The van der Waals surface area contributed by atoms with Crippen LogP contribution in [-0.4, -0.2) is 16.0 Å². The largest absolute Gasteiger partial charge is 0.308 e. The van der Waals surface area contributed by atoms with Crippen LogP contribution >= 0.6 is 11.3 Å². The lowest BCUT2D eigenvalue weighted by Crippen LogP contribution is -2.15. The minimum atomic E-state index is 0.749. The van der Waals surface area contributed by atoms with Crippen LogP contribution in [0.25, 0.3) is 0 Å². The van der Waals surface area contributed by atoms with Crippen molar-refractivity contribution in [2.75, 3.05) is 0 Å². The van der Waals surface area contributed by atoms with E-state index in [1.54, 1.807) is 17.5 Å². The molecule has 1 saturated carbocycles. The topological polar surface area (TPSA) is 37.8 Å². The first kappa shape index (κ1) is 10.9. The number of hydrogen-bond acceptors (Lipinski definition) is 4. The van der Waals surface area contributed by atoms with E-state index < -0.39 is 0 Å². The Labute approximate surface area is 105 Å². The van der Waals surface area contributed by atoms with Gasteiger partial charge in [-0.25, -0.2) is 4.98 Å². The van der Waals surface area contributed by atoms with Gasteiger partial charge >= 0.3 is 0 Å². The van der Waals surface area contributed by atoms with E-state index in [0.717, 1.165) is 19.0 Å². The zero-order valence-corrected chi connectivity index (χ0v) is 10.4. The Morgan fingerprint density at radius 2 is 2.35 bits per heavy atom. The van der Waals surface area contributed by atoms with Crippen molar-refractivity contribution in [3.63, 3.8) is 0 Å². The Morgan fingerprint density at radius 3 is 3.12 bits per heavy atom. The Bertz CT molecular complexity index is 476. The first-order valence-electron chi connectivity index (χ1n) is 5.96. The zero-order chi connectivity index (χ0) is 11.5. The fourth-order valence-electron chi connectivity index (χ4n) is 1.72. The first-order chi connectivity index (χ1) is 8.40. The number of nitrogens with one attached hydrogen (secondary N) is 1. The molecule has 0 aromatic carbocycles. The summed E-state index contributed by atoms with van der Waals surface area (Å²) in [5, 5.41) is 6.81. The molecule has 2 aromatic rings. The molecule has 0 spiro atoms. The molecule has 3 nitrogen and oxygen atoms in total. The molecule has 0 bridgehead atoms. The Balaban J connectivity index is 1.59. The number of rotatable bonds is 5. The van der Waals surface area contributed by atoms with Crippen LogP contribution < -0.4 is 5.32 Å². The number of aromatic nitrogens is 2. The van der Waals surface area contributed by atoms with E-state index in [9.17, 15) is 0 Å². The van der Waals surface area contributed by atoms with Gasteiger partial charge in [-0.15, -0.1) is 11.3 Å². The first-order valence-corrected chi connectivity index (χ1v) is 6.84. The van der Waals surface area contributed by atoms with Crippen LogP contribution in [0.4, 0.5) is 0 Å². The number of hydrogen-bond donors (Lipinski definition) is 1. The molecule has 0 saturated heterocycles. The molecular weight excluding hydrogens is 230 g/mol. The number of nitrogens with zero attached hydrogens (tertiary/aromatic N) is 2. The van der Waals surface area contributed by atoms with Gasteiger partial charge in [0.05, 0.1) is 10.7 Å². The molecule has 0 aliphatic heterocycles. The summed E-state index contributed by atoms with van der Waals surface area (Å²) in [5.74, 6) is 0. The van der Waals surface area contributed by atoms with Crippen molar-refractivity contribution in [3.8, 4) is 0 Å². The van der Waals surface area contributed by atoms with Gasteiger partial charge < -0.3 is 5.32 Å². The smallest absolute Gasteiger partial charge is 0.0973 e. The highest BCUT2D eigenvalue weighted by atomic mass is 32.1. The van der Waals surface area contributed by atoms with Gasteiger partial charge in [0, 0.05) is 36.8 Å². The van der Waals surface area contributed by atoms with Crippen molar-refractivity contribution in [3.05, 3.63) is 46.2 Å². The summed E-state index contributed by atoms with van der Waals surface area (Å²) in [4.78, 5) is 8.75. The zero-order valence-electron chi connectivity index (χ0n) is 9.60. The van der Waals surface area contributed by atoms with Gasteiger partial charge in [0.25, 0.3) is 0 Å². The molecule has 88 valence electrons. The lowest BCUT2D eigenvalue weighted by molar-refractivity contribution is 0.676. The Hall–Kier alpha value is -1.26. The van der Waals surface area contributed by atoms with Crippen LogP contribution in [0.3, 0.4) is 0 Å². The maximum Gasteiger partial charge on any atom is 0.0973 e. The molecule has 4 heteroatoms. The van der Waals surface area contributed by atoms with Crippen molar-refractivity contribution in [1.29, 1.82) is 0 Å². The van der Waals surface area contributed by atoms with Crippen LogP contribution in [0.1, 0.15) is 29.1 Å². The van der Waals surface area contributed by atoms with Crippen LogP contribution in [0.15, 0.2) is 29.9 Å². The molecule has 1 N–H and O–H groups in total. The summed E-state index contributed by atoms with van der Waals surface area (Å²) in [6.45, 7) is 0.911. The van der Waals surface area contributed by atoms with Gasteiger partial charge in [0.2, 0.25) is 0 Å². The van der Waals surface area contributed by atoms with Gasteiger partial charge in [0.1, 0.15) is 0 Å². The van der Waals surface area contributed by atoms with Crippen LogP contribution in [0.2, 0.25) is 0 Å². The van der Waals surface area contributed by atoms with Crippen LogP contribution in [0.5, 0.6) is 0 Å². The van der Waals surface area contributed by atoms with Gasteiger partial charge in [-0.1, -0.05) is 6.07 Å². The van der Waals surface area contributed by atoms with Crippen molar-refractivity contribution in [1.82, 2.24) is 15.3 Å². The van der Waals surface area contributed by atoms with Crippen molar-refractivity contribution in [2.24, 2.45) is 0 Å². The molecule has 2 aromatic heterocycles. The minimum Gasteiger partial charge on any atom is -0.308 e. The maximum absolute atomic E-state index is 4.63. The fraction of sp³-hybridized carbons (Fsp3) is 0.385. The summed E-state index contributed by atoms with van der Waals surface area (Å²) in [6, 6.07) is 4.81. The molecule has 1 fully saturated rings. The molecule has 0 amide bonds. The highest BCUT2D eigenvalue weighted by Crippen LogP contribution is 2.20. The summed E-state index contributed by atoms with van der Waals surface area (Å²) < 4.78 is 0. The van der Waals surface area contributed by atoms with E-state index in [1.807, 2.05) is 12.3 Å². The molecule has 0 radical (unpaired) electrons. The third kappa shape index (κ3) is 3.11. The Kier molecular flexibility index (Phi) is 3.16. The van der Waals surface area contributed by atoms with Crippen LogP contribution in [-0.2, 0) is 13.0 Å². The molecule has 0 unspecified atom stereocenters. The van der Waals surface area contributed by atoms with E-state index in [2.05, 4.69) is 26.7 Å². The monoisotopic (exact) mass is 245 g/mol. The van der Waals surface area contributed by atoms with Gasteiger partial charge in [-0.3, -0.25) is 4.98 Å². The van der Waals surface area contributed by atoms with Gasteiger partial charge in [0.15, 0.2) is 0 Å². The lowest BCUT2D eigenvalue weighted by atomic mass is 10.2. The highest BCUT2D eigenvalue weighted by molar-refractivity contribution is 7.09. The summed E-state index contributed by atoms with van der Waals surface area (Å²) >= 11 is 1.74. The molecular formula is C13H15N3S. The van der Waals surface area contributed by atoms with E-state index in [0.29, 0.717) is 0 Å². The SMILES string of the molecule is c1cncc(Cc2nc(CNC3CC3)cs2)c1. The third-order valence-electron chi connectivity index (χ3n) is 2.83. The number of thiazole rings is 1. The maximum atomic E-state index is 4.63. The molecule has 2 heterocycles. The van der Waals surface area contributed by atoms with Crippen LogP contribution in [0, 0.1) is 0 Å². The minimum absolute atomic E-state index is 0.749. The summed E-state index contributed by atoms with van der Waals surface area (Å²) in [6.07, 6.45) is 7.25. The molecule has 3 rings (SSSR count). The highest BCUT2D eigenvalue weighted by Gasteiger charge is 2.20. The van der Waals surface area contributed by atoms with E-state index in [1.165, 1.54) is 29.1 Å². The average Bonchev–Trinajstić information content (AvgIpc) is 3.09. The lowest BCUT2D eigenvalue weighted by Gasteiger charge is -1.98. The van der Waals surface area contributed by atoms with Crippen molar-refractivity contribution < 1.29 is 0 Å². The molecule has 1 aliphatic rings. The second-order valence-electron chi connectivity index (χ2n) is 4.43. The molecule has 17 heavy (non-hydrogen) atoms. The van der Waals surface area contributed by atoms with Gasteiger partial charge in [-0.05, 0) is 24.5 Å². The standard InChI is InChI=1S/C13H15N3S/c1-2-10(7-14-5-1)6-13-16-12(9-17-13)8-15-11-3-4-11/h1-2,5,7,9,11,15H,3-4,6,8H2. The molecule has 1 aliphatic carbocycles. The van der Waals surface area contributed by atoms with E-state index in [-0.39, 0.29) is 0 Å². The van der Waals surface area contributed by atoms with E-state index >= 15 is 0 Å².